The Bertz CT molecular complexity index is 517. The van der Waals surface area contributed by atoms with Crippen molar-refractivity contribution < 1.29 is 14.3 Å². The van der Waals surface area contributed by atoms with Gasteiger partial charge in [0, 0.05) is 13.0 Å². The lowest BCUT2D eigenvalue weighted by Crippen LogP contribution is -2.05. The molecule has 0 bridgehead atoms. The number of furan rings is 1. The van der Waals surface area contributed by atoms with Crippen LogP contribution in [-0.2, 0) is 11.3 Å². The number of carboxylic acid groups (broad SMARTS) is 1. The summed E-state index contributed by atoms with van der Waals surface area (Å²) in [4.78, 5) is 10.4. The zero-order valence-corrected chi connectivity index (χ0v) is 9.33. The fourth-order valence-electron chi connectivity index (χ4n) is 1.50. The van der Waals surface area contributed by atoms with Crippen molar-refractivity contribution in [3.05, 3.63) is 17.9 Å². The highest BCUT2D eigenvalue weighted by Crippen LogP contribution is 2.21. The number of nitrogens with zero attached hydrogens (tertiary/aromatic N) is 4. The van der Waals surface area contributed by atoms with Gasteiger partial charge in [0.05, 0.1) is 6.26 Å². The van der Waals surface area contributed by atoms with Gasteiger partial charge in [-0.15, -0.1) is 5.10 Å². The molecule has 17 heavy (non-hydrogen) atoms. The molecule has 0 saturated carbocycles. The molecule has 0 spiro atoms. The predicted molar refractivity (Wildman–Crippen MR) is 57.1 cm³/mol. The summed E-state index contributed by atoms with van der Waals surface area (Å²) in [5, 5.41) is 19.8. The molecule has 2 aromatic rings. The van der Waals surface area contributed by atoms with Crippen molar-refractivity contribution in [2.24, 2.45) is 0 Å². The van der Waals surface area contributed by atoms with E-state index in [4.69, 9.17) is 9.52 Å². The average molecular weight is 236 g/mol. The molecule has 0 fully saturated rings. The van der Waals surface area contributed by atoms with E-state index in [0.29, 0.717) is 24.6 Å². The minimum atomic E-state index is -0.825. The molecule has 2 aromatic heterocycles. The van der Waals surface area contributed by atoms with Crippen LogP contribution in [0.25, 0.3) is 11.6 Å². The lowest BCUT2D eigenvalue weighted by atomic mass is 10.2. The largest absolute Gasteiger partial charge is 0.481 e. The normalized spacial score (nSPS) is 10.6. The highest BCUT2D eigenvalue weighted by atomic mass is 16.4. The fourth-order valence-corrected chi connectivity index (χ4v) is 1.50. The number of aromatic nitrogens is 4. The molecule has 0 amide bonds. The lowest BCUT2D eigenvalue weighted by molar-refractivity contribution is -0.137. The highest BCUT2D eigenvalue weighted by Gasteiger charge is 2.14. The van der Waals surface area contributed by atoms with Gasteiger partial charge in [0.2, 0.25) is 5.82 Å². The second-order valence-corrected chi connectivity index (χ2v) is 3.66. The summed E-state index contributed by atoms with van der Waals surface area (Å²) in [5.41, 5.74) is 0.944. The van der Waals surface area contributed by atoms with E-state index in [-0.39, 0.29) is 6.42 Å². The van der Waals surface area contributed by atoms with Crippen LogP contribution in [0.4, 0.5) is 0 Å². The SMILES string of the molecule is Cc1ccoc1-c1nnnn1CCCC(=O)O. The maximum atomic E-state index is 10.4. The van der Waals surface area contributed by atoms with Crippen LogP contribution in [-0.4, -0.2) is 31.3 Å². The summed E-state index contributed by atoms with van der Waals surface area (Å²) in [7, 11) is 0. The maximum Gasteiger partial charge on any atom is 0.303 e. The molecule has 0 aliphatic rings. The molecule has 7 nitrogen and oxygen atoms in total. The van der Waals surface area contributed by atoms with Gasteiger partial charge in [0.1, 0.15) is 0 Å². The van der Waals surface area contributed by atoms with Crippen molar-refractivity contribution in [1.29, 1.82) is 0 Å². The third kappa shape index (κ3) is 2.49. The molecule has 0 atom stereocenters. The van der Waals surface area contributed by atoms with Crippen LogP contribution in [0.3, 0.4) is 0 Å². The van der Waals surface area contributed by atoms with Crippen LogP contribution in [0, 0.1) is 6.92 Å². The Morgan fingerprint density at radius 3 is 3.06 bits per heavy atom. The number of tetrazole rings is 1. The first kappa shape index (κ1) is 11.3. The van der Waals surface area contributed by atoms with Crippen LogP contribution in [0.1, 0.15) is 18.4 Å². The van der Waals surface area contributed by atoms with E-state index >= 15 is 0 Å². The van der Waals surface area contributed by atoms with Crippen LogP contribution in [0.15, 0.2) is 16.7 Å². The molecule has 0 aliphatic carbocycles. The Hall–Kier alpha value is -2.18. The smallest absolute Gasteiger partial charge is 0.303 e. The van der Waals surface area contributed by atoms with E-state index in [9.17, 15) is 4.79 Å². The van der Waals surface area contributed by atoms with Gasteiger partial charge in [-0.2, -0.15) is 0 Å². The van der Waals surface area contributed by atoms with E-state index in [1.54, 1.807) is 10.9 Å². The van der Waals surface area contributed by atoms with Crippen LogP contribution < -0.4 is 0 Å². The first-order valence-corrected chi connectivity index (χ1v) is 5.21. The molecule has 0 unspecified atom stereocenters. The molecule has 2 rings (SSSR count). The Labute approximate surface area is 97.0 Å². The van der Waals surface area contributed by atoms with Crippen LogP contribution in [0.5, 0.6) is 0 Å². The Morgan fingerprint density at radius 1 is 1.59 bits per heavy atom. The van der Waals surface area contributed by atoms with Crippen molar-refractivity contribution in [1.82, 2.24) is 20.2 Å². The first-order valence-electron chi connectivity index (χ1n) is 5.21. The summed E-state index contributed by atoms with van der Waals surface area (Å²) in [6.45, 7) is 2.35. The Balaban J connectivity index is 2.12. The van der Waals surface area contributed by atoms with E-state index in [2.05, 4.69) is 15.5 Å². The topological polar surface area (TPSA) is 94.0 Å². The molecule has 2 heterocycles. The van der Waals surface area contributed by atoms with Crippen molar-refractivity contribution in [3.63, 3.8) is 0 Å². The van der Waals surface area contributed by atoms with Crippen molar-refractivity contribution in [2.45, 2.75) is 26.3 Å². The highest BCUT2D eigenvalue weighted by molar-refractivity contribution is 5.66. The van der Waals surface area contributed by atoms with Gasteiger partial charge in [0.15, 0.2) is 5.76 Å². The summed E-state index contributed by atoms with van der Waals surface area (Å²) >= 11 is 0. The van der Waals surface area contributed by atoms with Crippen molar-refractivity contribution in [3.8, 4) is 11.6 Å². The van der Waals surface area contributed by atoms with Crippen LogP contribution >= 0.6 is 0 Å². The molecule has 0 radical (unpaired) electrons. The standard InChI is InChI=1S/C10H12N4O3/c1-7-4-6-17-9(7)10-11-12-13-14(10)5-2-3-8(15)16/h4,6H,2-3,5H2,1H3,(H,15,16). The molecule has 0 aromatic carbocycles. The summed E-state index contributed by atoms with van der Waals surface area (Å²) in [6, 6.07) is 1.83. The average Bonchev–Trinajstić information content (AvgIpc) is 2.86. The first-order chi connectivity index (χ1) is 8.18. The predicted octanol–water partition coefficient (Wildman–Crippen LogP) is 1.11. The van der Waals surface area contributed by atoms with Gasteiger partial charge in [-0.1, -0.05) is 0 Å². The quantitative estimate of drug-likeness (QED) is 0.835. The van der Waals surface area contributed by atoms with E-state index in [1.807, 2.05) is 13.0 Å². The minimum absolute atomic E-state index is 0.0937. The summed E-state index contributed by atoms with van der Waals surface area (Å²) in [6.07, 6.45) is 2.14. The number of carbonyl (C=O) groups is 1. The molecular formula is C10H12N4O3. The van der Waals surface area contributed by atoms with Gasteiger partial charge in [-0.25, -0.2) is 4.68 Å². The number of hydrogen-bond donors (Lipinski definition) is 1. The molecule has 1 N–H and O–H groups in total. The third-order valence-electron chi connectivity index (χ3n) is 2.36. The number of aliphatic carboxylic acids is 1. The molecule has 0 aliphatic heterocycles. The minimum Gasteiger partial charge on any atom is -0.481 e. The Kier molecular flexibility index (Phi) is 3.17. The van der Waals surface area contributed by atoms with E-state index < -0.39 is 5.97 Å². The van der Waals surface area contributed by atoms with Gasteiger partial charge < -0.3 is 9.52 Å². The second kappa shape index (κ2) is 4.77. The lowest BCUT2D eigenvalue weighted by Gasteiger charge is -2.01. The van der Waals surface area contributed by atoms with E-state index in [0.717, 1.165) is 5.56 Å². The molecular weight excluding hydrogens is 224 g/mol. The monoisotopic (exact) mass is 236 g/mol. The Morgan fingerprint density at radius 2 is 2.41 bits per heavy atom. The second-order valence-electron chi connectivity index (χ2n) is 3.66. The zero-order valence-electron chi connectivity index (χ0n) is 9.33. The van der Waals surface area contributed by atoms with Gasteiger partial charge >= 0.3 is 5.97 Å². The van der Waals surface area contributed by atoms with Gasteiger partial charge in [-0.05, 0) is 35.4 Å². The maximum absolute atomic E-state index is 10.4. The van der Waals surface area contributed by atoms with Gasteiger partial charge in [-0.3, -0.25) is 4.79 Å². The fraction of sp³-hybridized carbons (Fsp3) is 0.400. The summed E-state index contributed by atoms with van der Waals surface area (Å²) in [5.74, 6) is 0.317. The number of aryl methyl sites for hydroxylation is 2. The zero-order chi connectivity index (χ0) is 12.3. The molecule has 7 heteroatoms. The van der Waals surface area contributed by atoms with Crippen LogP contribution in [0.2, 0.25) is 0 Å². The van der Waals surface area contributed by atoms with Crippen molar-refractivity contribution in [2.75, 3.05) is 0 Å². The third-order valence-corrected chi connectivity index (χ3v) is 2.36. The molecule has 90 valence electrons. The molecule has 0 saturated heterocycles. The number of carboxylic acids is 1. The number of hydrogen-bond acceptors (Lipinski definition) is 5. The van der Waals surface area contributed by atoms with E-state index in [1.165, 1.54) is 0 Å². The van der Waals surface area contributed by atoms with Crippen molar-refractivity contribution >= 4 is 5.97 Å². The summed E-state index contributed by atoms with van der Waals surface area (Å²) < 4.78 is 6.85. The number of rotatable bonds is 5. The van der Waals surface area contributed by atoms with Gasteiger partial charge in [0.25, 0.3) is 0 Å².